The molecule has 30 heavy (non-hydrogen) atoms. The second kappa shape index (κ2) is 9.37. The van der Waals surface area contributed by atoms with Crippen LogP contribution in [0.4, 0.5) is 0 Å². The fraction of sp³-hybridized carbons (Fsp3) is 0.476. The van der Waals surface area contributed by atoms with Crippen molar-refractivity contribution in [2.45, 2.75) is 46.4 Å². The van der Waals surface area contributed by atoms with Crippen molar-refractivity contribution in [2.24, 2.45) is 0 Å². The van der Waals surface area contributed by atoms with Crippen LogP contribution in [-0.4, -0.2) is 58.5 Å². The highest BCUT2D eigenvalue weighted by molar-refractivity contribution is 6.35. The van der Waals surface area contributed by atoms with E-state index in [-0.39, 0.29) is 24.7 Å². The van der Waals surface area contributed by atoms with Crippen LogP contribution in [0.25, 0.3) is 0 Å². The zero-order chi connectivity index (χ0) is 22.0. The number of benzene rings is 1. The summed E-state index contributed by atoms with van der Waals surface area (Å²) >= 11 is 12.5. The molecule has 0 saturated carbocycles. The van der Waals surface area contributed by atoms with Gasteiger partial charge in [0.05, 0.1) is 30.1 Å². The molecule has 1 fully saturated rings. The molecule has 0 spiro atoms. The van der Waals surface area contributed by atoms with E-state index in [4.69, 9.17) is 32.7 Å². The first kappa shape index (κ1) is 22.6. The molecule has 3 rings (SSSR count). The van der Waals surface area contributed by atoms with E-state index < -0.39 is 5.97 Å². The van der Waals surface area contributed by atoms with Crippen molar-refractivity contribution in [1.82, 2.24) is 14.7 Å². The normalized spacial score (nSPS) is 19.1. The fourth-order valence-corrected chi connectivity index (χ4v) is 4.17. The number of carbonyl (C=O) groups excluding carboxylic acids is 2. The van der Waals surface area contributed by atoms with Gasteiger partial charge in [0, 0.05) is 28.7 Å². The molecule has 1 aliphatic heterocycles. The molecular weight excluding hydrogens is 429 g/mol. The number of aromatic nitrogens is 2. The first-order valence-corrected chi connectivity index (χ1v) is 10.5. The van der Waals surface area contributed by atoms with Gasteiger partial charge in [-0.25, -0.2) is 4.79 Å². The Balaban J connectivity index is 1.69. The fourth-order valence-electron chi connectivity index (χ4n) is 3.65. The third-order valence-corrected chi connectivity index (χ3v) is 5.76. The molecule has 0 bridgehead atoms. The van der Waals surface area contributed by atoms with Crippen LogP contribution in [0.15, 0.2) is 18.2 Å². The number of ether oxygens (including phenoxy) is 2. The molecule has 1 saturated heterocycles. The van der Waals surface area contributed by atoms with E-state index in [1.807, 2.05) is 13.8 Å². The molecule has 1 aromatic carbocycles. The maximum atomic E-state index is 12.7. The van der Waals surface area contributed by atoms with Crippen LogP contribution in [0.5, 0.6) is 0 Å². The number of amides is 1. The molecule has 2 heterocycles. The monoisotopic (exact) mass is 453 g/mol. The minimum Gasteiger partial charge on any atom is -0.452 e. The first-order chi connectivity index (χ1) is 14.2. The molecule has 2 aromatic rings. The highest BCUT2D eigenvalue weighted by Gasteiger charge is 2.27. The maximum absolute atomic E-state index is 12.7. The predicted molar refractivity (Wildman–Crippen MR) is 114 cm³/mol. The van der Waals surface area contributed by atoms with Gasteiger partial charge in [-0.15, -0.1) is 0 Å². The standard InChI is InChI=1S/C21H25Cl2N3O4/c1-12-8-25(9-13(2)30-12)19(27)11-29-21(28)20-14(3)24-26(15(20)4)10-16-17(22)6-5-7-18(16)23/h5-7,12-13H,8-11H2,1-4H3/t12-,13-/m1/s1. The number of nitrogens with zero attached hydrogens (tertiary/aromatic N) is 3. The van der Waals surface area contributed by atoms with Crippen molar-refractivity contribution in [1.29, 1.82) is 0 Å². The van der Waals surface area contributed by atoms with Gasteiger partial charge >= 0.3 is 5.97 Å². The van der Waals surface area contributed by atoms with Gasteiger partial charge in [-0.2, -0.15) is 5.10 Å². The summed E-state index contributed by atoms with van der Waals surface area (Å²) in [5, 5.41) is 5.49. The lowest BCUT2D eigenvalue weighted by atomic mass is 10.2. The van der Waals surface area contributed by atoms with E-state index in [1.54, 1.807) is 41.6 Å². The Morgan fingerprint density at radius 3 is 2.37 bits per heavy atom. The SMILES string of the molecule is Cc1nn(Cc2c(Cl)cccc2Cl)c(C)c1C(=O)OCC(=O)N1C[C@@H](C)O[C@H](C)C1. The zero-order valence-electron chi connectivity index (χ0n) is 17.4. The summed E-state index contributed by atoms with van der Waals surface area (Å²) in [6.45, 7) is 8.28. The van der Waals surface area contributed by atoms with E-state index >= 15 is 0 Å². The van der Waals surface area contributed by atoms with Gasteiger partial charge in [0.2, 0.25) is 0 Å². The minimum atomic E-state index is -0.579. The summed E-state index contributed by atoms with van der Waals surface area (Å²) in [6, 6.07) is 5.27. The molecule has 1 aromatic heterocycles. The van der Waals surface area contributed by atoms with Crippen molar-refractivity contribution in [3.8, 4) is 0 Å². The number of morpholine rings is 1. The molecule has 0 radical (unpaired) electrons. The van der Waals surface area contributed by atoms with E-state index in [0.717, 1.165) is 5.56 Å². The minimum absolute atomic E-state index is 0.0484. The highest BCUT2D eigenvalue weighted by Crippen LogP contribution is 2.26. The summed E-state index contributed by atoms with van der Waals surface area (Å²) in [5.41, 5.74) is 2.20. The van der Waals surface area contributed by atoms with Gasteiger partial charge in [0.15, 0.2) is 6.61 Å². The average molecular weight is 454 g/mol. The Kier molecular flexibility index (Phi) is 7.06. The smallest absolute Gasteiger partial charge is 0.342 e. The lowest BCUT2D eigenvalue weighted by molar-refractivity contribution is -0.146. The summed E-state index contributed by atoms with van der Waals surface area (Å²) in [5.74, 6) is -0.819. The van der Waals surface area contributed by atoms with E-state index in [9.17, 15) is 9.59 Å². The number of halogens is 2. The number of aryl methyl sites for hydroxylation is 1. The molecule has 7 nitrogen and oxygen atoms in total. The Bertz CT molecular complexity index is 930. The van der Waals surface area contributed by atoms with Gasteiger partial charge in [0.25, 0.3) is 5.91 Å². The van der Waals surface area contributed by atoms with Gasteiger partial charge in [-0.3, -0.25) is 9.48 Å². The van der Waals surface area contributed by atoms with Crippen molar-refractivity contribution < 1.29 is 19.1 Å². The lowest BCUT2D eigenvalue weighted by Gasteiger charge is -2.35. The third-order valence-electron chi connectivity index (χ3n) is 5.05. The van der Waals surface area contributed by atoms with Crippen molar-refractivity contribution >= 4 is 35.1 Å². The number of carbonyl (C=O) groups is 2. The molecule has 1 aliphatic rings. The van der Waals surface area contributed by atoms with Gasteiger partial charge < -0.3 is 14.4 Å². The van der Waals surface area contributed by atoms with Crippen LogP contribution in [0.2, 0.25) is 10.0 Å². The van der Waals surface area contributed by atoms with Crippen molar-refractivity contribution in [3.63, 3.8) is 0 Å². The van der Waals surface area contributed by atoms with Crippen LogP contribution in [0, 0.1) is 13.8 Å². The van der Waals surface area contributed by atoms with Crippen LogP contribution < -0.4 is 0 Å². The van der Waals surface area contributed by atoms with E-state index in [2.05, 4.69) is 5.10 Å². The van der Waals surface area contributed by atoms with Crippen LogP contribution in [0.3, 0.4) is 0 Å². The summed E-state index contributed by atoms with van der Waals surface area (Å²) < 4.78 is 12.6. The molecule has 9 heteroatoms. The third kappa shape index (κ3) is 4.96. The zero-order valence-corrected chi connectivity index (χ0v) is 19.0. The number of hydrogen-bond donors (Lipinski definition) is 0. The Morgan fingerprint density at radius 1 is 1.17 bits per heavy atom. The summed E-state index contributed by atoms with van der Waals surface area (Å²) in [7, 11) is 0. The second-order valence-corrected chi connectivity index (χ2v) is 8.35. The van der Waals surface area contributed by atoms with E-state index in [1.165, 1.54) is 0 Å². The summed E-state index contributed by atoms with van der Waals surface area (Å²) in [6.07, 6.45) is -0.0967. The summed E-state index contributed by atoms with van der Waals surface area (Å²) in [4.78, 5) is 26.8. The largest absolute Gasteiger partial charge is 0.452 e. The molecule has 0 unspecified atom stereocenters. The molecular formula is C21H25Cl2N3O4. The predicted octanol–water partition coefficient (Wildman–Crippen LogP) is 3.65. The Morgan fingerprint density at radius 2 is 1.77 bits per heavy atom. The quantitative estimate of drug-likeness (QED) is 0.645. The van der Waals surface area contributed by atoms with Crippen molar-refractivity contribution in [3.05, 3.63) is 50.8 Å². The van der Waals surface area contributed by atoms with Crippen LogP contribution >= 0.6 is 23.2 Å². The first-order valence-electron chi connectivity index (χ1n) is 9.74. The van der Waals surface area contributed by atoms with Crippen LogP contribution in [0.1, 0.15) is 41.2 Å². The number of esters is 1. The topological polar surface area (TPSA) is 73.7 Å². The van der Waals surface area contributed by atoms with E-state index in [0.29, 0.717) is 46.6 Å². The van der Waals surface area contributed by atoms with Crippen molar-refractivity contribution in [2.75, 3.05) is 19.7 Å². The average Bonchev–Trinajstić information content (AvgIpc) is 2.95. The number of hydrogen-bond acceptors (Lipinski definition) is 5. The molecule has 0 aliphatic carbocycles. The molecule has 1 amide bonds. The lowest BCUT2D eigenvalue weighted by Crippen LogP contribution is -2.49. The Labute approximate surface area is 185 Å². The van der Waals surface area contributed by atoms with Gasteiger partial charge in [-0.1, -0.05) is 29.3 Å². The molecule has 2 atom stereocenters. The van der Waals surface area contributed by atoms with Crippen LogP contribution in [-0.2, 0) is 20.8 Å². The van der Waals surface area contributed by atoms with Gasteiger partial charge in [0.1, 0.15) is 5.56 Å². The maximum Gasteiger partial charge on any atom is 0.342 e. The second-order valence-electron chi connectivity index (χ2n) is 7.54. The van der Waals surface area contributed by atoms with Gasteiger partial charge in [-0.05, 0) is 39.8 Å². The highest BCUT2D eigenvalue weighted by atomic mass is 35.5. The number of rotatable bonds is 5. The molecule has 162 valence electrons. The Hall–Kier alpha value is -2.09. The molecule has 0 N–H and O–H groups in total.